The molecule has 0 atom stereocenters. The molecule has 3 N–H and O–H groups in total. The van der Waals surface area contributed by atoms with Crippen molar-refractivity contribution in [1.82, 2.24) is 5.43 Å². The highest BCUT2D eigenvalue weighted by Gasteiger charge is 2.12. The molecule has 92 valence electrons. The van der Waals surface area contributed by atoms with Crippen LogP contribution in [-0.2, 0) is 16.1 Å². The van der Waals surface area contributed by atoms with Crippen molar-refractivity contribution in [2.75, 3.05) is 13.4 Å². The lowest BCUT2D eigenvalue weighted by molar-refractivity contribution is -0.122. The number of amides is 1. The Balaban J connectivity index is 1.78. The van der Waals surface area contributed by atoms with Crippen molar-refractivity contribution in [2.45, 2.75) is 13.0 Å². The second kappa shape index (κ2) is 5.51. The van der Waals surface area contributed by atoms with Gasteiger partial charge in [0.2, 0.25) is 12.7 Å². The number of ether oxygens (including phenoxy) is 3. The van der Waals surface area contributed by atoms with Crippen molar-refractivity contribution < 1.29 is 19.0 Å². The molecule has 1 aliphatic heterocycles. The van der Waals surface area contributed by atoms with Gasteiger partial charge >= 0.3 is 0 Å². The first-order chi connectivity index (χ1) is 8.29. The third-order valence-electron chi connectivity index (χ3n) is 2.34. The number of carbonyl (C=O) groups excluding carboxylic acids is 1. The molecule has 0 aliphatic carbocycles. The summed E-state index contributed by atoms with van der Waals surface area (Å²) in [5.41, 5.74) is 3.02. The molecule has 0 aromatic heterocycles. The van der Waals surface area contributed by atoms with E-state index in [2.05, 4.69) is 0 Å². The highest BCUT2D eigenvalue weighted by Crippen LogP contribution is 2.32. The van der Waals surface area contributed by atoms with Gasteiger partial charge in [0.1, 0.15) is 0 Å². The van der Waals surface area contributed by atoms with E-state index in [0.717, 1.165) is 17.1 Å². The lowest BCUT2D eigenvalue weighted by Gasteiger charge is -2.04. The molecule has 6 heteroatoms. The summed E-state index contributed by atoms with van der Waals surface area (Å²) in [6.07, 6.45) is 0.251. The number of hydrazine groups is 1. The molecule has 0 fully saturated rings. The molecular weight excluding hydrogens is 224 g/mol. The quantitative estimate of drug-likeness (QED) is 0.334. The molecule has 0 saturated carbocycles. The number of nitrogens with one attached hydrogen (secondary N) is 1. The first-order valence-corrected chi connectivity index (χ1v) is 5.25. The van der Waals surface area contributed by atoms with Crippen molar-refractivity contribution in [3.05, 3.63) is 23.8 Å². The number of hydrogen-bond acceptors (Lipinski definition) is 5. The van der Waals surface area contributed by atoms with Gasteiger partial charge in [0.05, 0.1) is 19.6 Å². The molecule has 1 heterocycles. The fraction of sp³-hybridized carbons (Fsp3) is 0.364. The Morgan fingerprint density at radius 1 is 1.41 bits per heavy atom. The van der Waals surface area contributed by atoms with Gasteiger partial charge in [0.25, 0.3) is 0 Å². The largest absolute Gasteiger partial charge is 0.454 e. The van der Waals surface area contributed by atoms with Gasteiger partial charge in [-0.3, -0.25) is 10.2 Å². The Hall–Kier alpha value is -1.79. The van der Waals surface area contributed by atoms with Crippen LogP contribution in [0, 0.1) is 0 Å². The van der Waals surface area contributed by atoms with Crippen LogP contribution in [0.5, 0.6) is 11.5 Å². The summed E-state index contributed by atoms with van der Waals surface area (Å²) in [6, 6.07) is 5.61. The van der Waals surface area contributed by atoms with Crippen LogP contribution >= 0.6 is 0 Å². The number of benzene rings is 1. The first kappa shape index (κ1) is 11.7. The molecule has 17 heavy (non-hydrogen) atoms. The van der Waals surface area contributed by atoms with Crippen molar-refractivity contribution in [3.8, 4) is 11.5 Å². The predicted molar refractivity (Wildman–Crippen MR) is 59.2 cm³/mol. The lowest BCUT2D eigenvalue weighted by atomic mass is 10.2. The summed E-state index contributed by atoms with van der Waals surface area (Å²) in [6.45, 7) is 1.02. The van der Waals surface area contributed by atoms with Gasteiger partial charge in [-0.1, -0.05) is 6.07 Å². The molecule has 0 bridgehead atoms. The van der Waals surface area contributed by atoms with Crippen LogP contribution in [0.15, 0.2) is 18.2 Å². The Labute approximate surface area is 98.6 Å². The minimum Gasteiger partial charge on any atom is -0.454 e. The van der Waals surface area contributed by atoms with Crippen LogP contribution in [0.4, 0.5) is 0 Å². The maximum absolute atomic E-state index is 10.8. The van der Waals surface area contributed by atoms with Crippen LogP contribution in [0.3, 0.4) is 0 Å². The summed E-state index contributed by atoms with van der Waals surface area (Å²) in [4.78, 5) is 10.8. The van der Waals surface area contributed by atoms with Gasteiger partial charge in [0, 0.05) is 0 Å². The third kappa shape index (κ3) is 3.08. The summed E-state index contributed by atoms with van der Waals surface area (Å²) in [5.74, 6) is 6.18. The molecule has 0 unspecified atom stereocenters. The summed E-state index contributed by atoms with van der Waals surface area (Å²) >= 11 is 0. The number of carbonyl (C=O) groups is 1. The van der Waals surface area contributed by atoms with E-state index < -0.39 is 0 Å². The number of nitrogens with two attached hydrogens (primary N) is 1. The first-order valence-electron chi connectivity index (χ1n) is 5.25. The highest BCUT2D eigenvalue weighted by molar-refractivity contribution is 5.75. The predicted octanol–water partition coefficient (Wildman–Crippen LogP) is 0.312. The van der Waals surface area contributed by atoms with Gasteiger partial charge in [-0.2, -0.15) is 0 Å². The normalized spacial score (nSPS) is 12.5. The van der Waals surface area contributed by atoms with Crippen molar-refractivity contribution >= 4 is 5.91 Å². The zero-order valence-electron chi connectivity index (χ0n) is 9.27. The zero-order chi connectivity index (χ0) is 12.1. The third-order valence-corrected chi connectivity index (χ3v) is 2.34. The van der Waals surface area contributed by atoms with Crippen molar-refractivity contribution in [1.29, 1.82) is 0 Å². The van der Waals surface area contributed by atoms with E-state index in [1.165, 1.54) is 0 Å². The molecule has 6 nitrogen and oxygen atoms in total. The maximum Gasteiger partial charge on any atom is 0.236 e. The molecule has 1 aromatic carbocycles. The fourth-order valence-corrected chi connectivity index (χ4v) is 1.46. The standard InChI is InChI=1S/C11H14N2O4/c12-13-11(14)3-4-15-6-8-1-2-9-10(5-8)17-7-16-9/h1-2,5H,3-4,6-7,12H2,(H,13,14). The van der Waals surface area contributed by atoms with Crippen LogP contribution in [0.25, 0.3) is 0 Å². The van der Waals surface area contributed by atoms with Gasteiger partial charge in [-0.25, -0.2) is 5.84 Å². The summed E-state index contributed by atoms with van der Waals surface area (Å²) in [7, 11) is 0. The van der Waals surface area contributed by atoms with Crippen molar-refractivity contribution in [2.24, 2.45) is 5.84 Å². The fourth-order valence-electron chi connectivity index (χ4n) is 1.46. The monoisotopic (exact) mass is 238 g/mol. The SMILES string of the molecule is NNC(=O)CCOCc1ccc2c(c1)OCO2. The Bertz CT molecular complexity index is 408. The van der Waals surface area contributed by atoms with E-state index in [1.807, 2.05) is 23.6 Å². The molecule has 0 saturated heterocycles. The van der Waals surface area contributed by atoms with E-state index in [0.29, 0.717) is 13.2 Å². The Morgan fingerprint density at radius 2 is 2.24 bits per heavy atom. The highest BCUT2D eigenvalue weighted by atomic mass is 16.7. The Morgan fingerprint density at radius 3 is 3.06 bits per heavy atom. The van der Waals surface area contributed by atoms with Crippen LogP contribution < -0.4 is 20.7 Å². The molecule has 1 amide bonds. The van der Waals surface area contributed by atoms with Crippen LogP contribution in [0.1, 0.15) is 12.0 Å². The van der Waals surface area contributed by atoms with E-state index in [-0.39, 0.29) is 19.1 Å². The topological polar surface area (TPSA) is 82.8 Å². The minimum atomic E-state index is -0.240. The zero-order valence-corrected chi connectivity index (χ0v) is 9.27. The molecule has 2 rings (SSSR count). The molecule has 0 radical (unpaired) electrons. The minimum absolute atomic E-state index is 0.240. The van der Waals surface area contributed by atoms with Crippen LogP contribution in [0.2, 0.25) is 0 Å². The van der Waals surface area contributed by atoms with Gasteiger partial charge in [0.15, 0.2) is 11.5 Å². The molecule has 1 aliphatic rings. The molecular formula is C11H14N2O4. The molecule has 1 aromatic rings. The Kier molecular flexibility index (Phi) is 3.79. The van der Waals surface area contributed by atoms with E-state index in [4.69, 9.17) is 20.1 Å². The molecule has 0 spiro atoms. The number of rotatable bonds is 5. The maximum atomic E-state index is 10.8. The summed E-state index contributed by atoms with van der Waals surface area (Å²) in [5, 5.41) is 0. The van der Waals surface area contributed by atoms with Crippen molar-refractivity contribution in [3.63, 3.8) is 0 Å². The lowest BCUT2D eigenvalue weighted by Crippen LogP contribution is -2.30. The average molecular weight is 238 g/mol. The smallest absolute Gasteiger partial charge is 0.236 e. The van der Waals surface area contributed by atoms with E-state index in [1.54, 1.807) is 0 Å². The van der Waals surface area contributed by atoms with E-state index >= 15 is 0 Å². The average Bonchev–Trinajstić information content (AvgIpc) is 2.81. The second-order valence-corrected chi connectivity index (χ2v) is 3.56. The van der Waals surface area contributed by atoms with Gasteiger partial charge < -0.3 is 14.2 Å². The summed E-state index contributed by atoms with van der Waals surface area (Å²) < 4.78 is 15.8. The second-order valence-electron chi connectivity index (χ2n) is 3.56. The van der Waals surface area contributed by atoms with E-state index in [9.17, 15) is 4.79 Å². The van der Waals surface area contributed by atoms with Gasteiger partial charge in [-0.15, -0.1) is 0 Å². The number of hydrogen-bond donors (Lipinski definition) is 2. The van der Waals surface area contributed by atoms with Gasteiger partial charge in [-0.05, 0) is 17.7 Å². The number of fused-ring (bicyclic) bond motifs is 1. The van der Waals surface area contributed by atoms with Crippen LogP contribution in [-0.4, -0.2) is 19.3 Å².